The molecule has 5 nitrogen and oxygen atoms in total. The Morgan fingerprint density at radius 3 is 2.74 bits per heavy atom. The third-order valence-corrected chi connectivity index (χ3v) is 4.23. The summed E-state index contributed by atoms with van der Waals surface area (Å²) in [5, 5.41) is 14.9. The number of rotatable bonds is 2. The van der Waals surface area contributed by atoms with Crippen LogP contribution in [0.2, 0.25) is 5.02 Å². The van der Waals surface area contributed by atoms with Crippen LogP contribution >= 0.6 is 11.6 Å². The standard InChI is InChI=1S/C17H15ClN2O3/c18-11-2-3-12(15(21)8-11)14-9-13(19-20-14)10-1-4-16-17(7-10)23-6-5-22-16/h1-4,7-8,13,19,21H,5-6,9H2/t13-/m1/s1. The summed E-state index contributed by atoms with van der Waals surface area (Å²) in [7, 11) is 0. The van der Waals surface area contributed by atoms with Gasteiger partial charge in [-0.15, -0.1) is 0 Å². The Labute approximate surface area is 138 Å². The average molecular weight is 331 g/mol. The van der Waals surface area contributed by atoms with E-state index < -0.39 is 0 Å². The zero-order valence-electron chi connectivity index (χ0n) is 12.3. The highest BCUT2D eigenvalue weighted by atomic mass is 35.5. The van der Waals surface area contributed by atoms with Gasteiger partial charge in [0.1, 0.15) is 19.0 Å². The number of phenols is 1. The molecule has 118 valence electrons. The van der Waals surface area contributed by atoms with E-state index in [-0.39, 0.29) is 11.8 Å². The highest BCUT2D eigenvalue weighted by Gasteiger charge is 2.24. The van der Waals surface area contributed by atoms with E-state index in [1.807, 2.05) is 18.2 Å². The molecule has 0 bridgehead atoms. The number of hydrazone groups is 1. The summed E-state index contributed by atoms with van der Waals surface area (Å²) in [5.74, 6) is 1.67. The molecule has 4 rings (SSSR count). The molecular formula is C17H15ClN2O3. The first-order valence-corrected chi connectivity index (χ1v) is 7.79. The largest absolute Gasteiger partial charge is 0.507 e. The molecule has 2 aromatic rings. The summed E-state index contributed by atoms with van der Waals surface area (Å²) in [5.41, 5.74) is 5.69. The number of benzene rings is 2. The van der Waals surface area contributed by atoms with Crippen molar-refractivity contribution in [3.63, 3.8) is 0 Å². The van der Waals surface area contributed by atoms with Gasteiger partial charge in [-0.05, 0) is 35.9 Å². The second kappa shape index (κ2) is 5.66. The first kappa shape index (κ1) is 14.2. The molecule has 0 fully saturated rings. The molecule has 23 heavy (non-hydrogen) atoms. The number of halogens is 1. The summed E-state index contributed by atoms with van der Waals surface area (Å²) in [6.45, 7) is 1.14. The predicted molar refractivity (Wildman–Crippen MR) is 87.6 cm³/mol. The van der Waals surface area contributed by atoms with Crippen LogP contribution in [0.3, 0.4) is 0 Å². The van der Waals surface area contributed by atoms with Crippen LogP contribution in [0.4, 0.5) is 0 Å². The van der Waals surface area contributed by atoms with Crippen molar-refractivity contribution in [2.75, 3.05) is 13.2 Å². The van der Waals surface area contributed by atoms with Gasteiger partial charge in [-0.25, -0.2) is 0 Å². The van der Waals surface area contributed by atoms with Gasteiger partial charge in [0, 0.05) is 17.0 Å². The van der Waals surface area contributed by atoms with Crippen LogP contribution < -0.4 is 14.9 Å². The molecule has 2 N–H and O–H groups in total. The molecule has 2 aliphatic rings. The maximum atomic E-state index is 10.0. The second-order valence-corrected chi connectivity index (χ2v) is 5.95. The lowest BCUT2D eigenvalue weighted by atomic mass is 9.98. The van der Waals surface area contributed by atoms with E-state index >= 15 is 0 Å². The zero-order valence-corrected chi connectivity index (χ0v) is 13.0. The highest BCUT2D eigenvalue weighted by Crippen LogP contribution is 2.35. The van der Waals surface area contributed by atoms with Crippen molar-refractivity contribution in [3.05, 3.63) is 52.5 Å². The van der Waals surface area contributed by atoms with Gasteiger partial charge >= 0.3 is 0 Å². The molecule has 0 aromatic heterocycles. The molecule has 6 heteroatoms. The minimum absolute atomic E-state index is 0.0379. The van der Waals surface area contributed by atoms with E-state index in [1.54, 1.807) is 12.1 Å². The third kappa shape index (κ3) is 2.68. The van der Waals surface area contributed by atoms with Gasteiger partial charge in [0.05, 0.1) is 11.8 Å². The van der Waals surface area contributed by atoms with Gasteiger partial charge in [0.25, 0.3) is 0 Å². The molecule has 1 atom stereocenters. The number of phenolic OH excluding ortho intramolecular Hbond substituents is 1. The van der Waals surface area contributed by atoms with E-state index in [4.69, 9.17) is 21.1 Å². The summed E-state index contributed by atoms with van der Waals surface area (Å²) < 4.78 is 11.2. The first-order valence-electron chi connectivity index (χ1n) is 7.41. The van der Waals surface area contributed by atoms with Gasteiger partial charge in [0.2, 0.25) is 0 Å². The molecule has 2 aliphatic heterocycles. The monoisotopic (exact) mass is 330 g/mol. The lowest BCUT2D eigenvalue weighted by Gasteiger charge is -2.20. The van der Waals surface area contributed by atoms with Crippen LogP contribution in [0.1, 0.15) is 23.6 Å². The van der Waals surface area contributed by atoms with Crippen molar-refractivity contribution >= 4 is 17.3 Å². The number of hydrogen-bond acceptors (Lipinski definition) is 5. The van der Waals surface area contributed by atoms with Crippen molar-refractivity contribution < 1.29 is 14.6 Å². The van der Waals surface area contributed by atoms with Crippen LogP contribution in [-0.4, -0.2) is 24.0 Å². The maximum Gasteiger partial charge on any atom is 0.161 e. The summed E-state index contributed by atoms with van der Waals surface area (Å²) in [6, 6.07) is 11.0. The van der Waals surface area contributed by atoms with Gasteiger partial charge in [0.15, 0.2) is 11.5 Å². The number of nitrogens with zero attached hydrogens (tertiary/aromatic N) is 1. The van der Waals surface area contributed by atoms with Gasteiger partial charge < -0.3 is 20.0 Å². The Bertz CT molecular complexity index is 791. The van der Waals surface area contributed by atoms with Crippen LogP contribution in [-0.2, 0) is 0 Å². The molecule has 2 aromatic carbocycles. The molecular weight excluding hydrogens is 316 g/mol. The van der Waals surface area contributed by atoms with Gasteiger partial charge in [-0.2, -0.15) is 5.10 Å². The molecule has 0 amide bonds. The first-order chi connectivity index (χ1) is 11.2. The Kier molecular flexibility index (Phi) is 3.50. The molecule has 0 saturated carbocycles. The average Bonchev–Trinajstić information content (AvgIpc) is 3.04. The number of fused-ring (bicyclic) bond motifs is 1. The van der Waals surface area contributed by atoms with Crippen molar-refractivity contribution in [3.8, 4) is 17.2 Å². The van der Waals surface area contributed by atoms with E-state index in [0.29, 0.717) is 30.2 Å². The Morgan fingerprint density at radius 1 is 1.09 bits per heavy atom. The fourth-order valence-electron chi connectivity index (χ4n) is 2.83. The van der Waals surface area contributed by atoms with Gasteiger partial charge in [-0.1, -0.05) is 17.7 Å². The summed E-state index contributed by atoms with van der Waals surface area (Å²) in [4.78, 5) is 0. The Balaban J connectivity index is 1.55. The maximum absolute atomic E-state index is 10.0. The fraction of sp³-hybridized carbons (Fsp3) is 0.235. The number of nitrogens with one attached hydrogen (secondary N) is 1. The number of hydrogen-bond donors (Lipinski definition) is 2. The van der Waals surface area contributed by atoms with Crippen molar-refractivity contribution in [2.45, 2.75) is 12.5 Å². The molecule has 2 heterocycles. The molecule has 0 saturated heterocycles. The highest BCUT2D eigenvalue weighted by molar-refractivity contribution is 6.30. The number of ether oxygens (including phenoxy) is 2. The molecule has 0 unspecified atom stereocenters. The Hall–Kier alpha value is -2.40. The predicted octanol–water partition coefficient (Wildman–Crippen LogP) is 3.26. The van der Waals surface area contributed by atoms with Crippen molar-refractivity contribution in [1.82, 2.24) is 5.43 Å². The third-order valence-electron chi connectivity index (χ3n) is 3.99. The molecule has 0 spiro atoms. The summed E-state index contributed by atoms with van der Waals surface area (Å²) in [6.07, 6.45) is 0.675. The fourth-order valence-corrected chi connectivity index (χ4v) is 2.99. The zero-order chi connectivity index (χ0) is 15.8. The van der Waals surface area contributed by atoms with Crippen LogP contribution in [0.25, 0.3) is 0 Å². The Morgan fingerprint density at radius 2 is 1.91 bits per heavy atom. The van der Waals surface area contributed by atoms with Crippen LogP contribution in [0, 0.1) is 0 Å². The van der Waals surface area contributed by atoms with Gasteiger partial charge in [-0.3, -0.25) is 0 Å². The summed E-state index contributed by atoms with van der Waals surface area (Å²) >= 11 is 5.87. The SMILES string of the molecule is Oc1cc(Cl)ccc1C1=NN[C@@H](c2ccc3c(c2)OCCO3)C1. The number of aromatic hydroxyl groups is 1. The van der Waals surface area contributed by atoms with E-state index in [9.17, 15) is 5.11 Å². The minimum atomic E-state index is 0.0379. The lowest BCUT2D eigenvalue weighted by Crippen LogP contribution is -2.16. The van der Waals surface area contributed by atoms with E-state index in [0.717, 1.165) is 22.8 Å². The van der Waals surface area contributed by atoms with Crippen molar-refractivity contribution in [1.29, 1.82) is 0 Å². The van der Waals surface area contributed by atoms with Crippen LogP contribution in [0.5, 0.6) is 17.2 Å². The molecule has 0 radical (unpaired) electrons. The van der Waals surface area contributed by atoms with E-state index in [2.05, 4.69) is 10.5 Å². The van der Waals surface area contributed by atoms with Crippen LogP contribution in [0.15, 0.2) is 41.5 Å². The molecule has 0 aliphatic carbocycles. The smallest absolute Gasteiger partial charge is 0.161 e. The minimum Gasteiger partial charge on any atom is -0.507 e. The quantitative estimate of drug-likeness (QED) is 0.887. The van der Waals surface area contributed by atoms with Crippen molar-refractivity contribution in [2.24, 2.45) is 5.10 Å². The lowest BCUT2D eigenvalue weighted by molar-refractivity contribution is 0.171. The topological polar surface area (TPSA) is 63.1 Å². The van der Waals surface area contributed by atoms with E-state index in [1.165, 1.54) is 6.07 Å². The second-order valence-electron chi connectivity index (χ2n) is 5.51. The normalized spacial score (nSPS) is 19.2.